The highest BCUT2D eigenvalue weighted by molar-refractivity contribution is 7.16. The zero-order valence-corrected chi connectivity index (χ0v) is 10.4. The summed E-state index contributed by atoms with van der Waals surface area (Å²) in [6, 6.07) is 8.00. The summed E-state index contributed by atoms with van der Waals surface area (Å²) < 4.78 is 1.97. The maximum atomic E-state index is 8.74. The topological polar surface area (TPSA) is 66.5 Å². The third-order valence-electron chi connectivity index (χ3n) is 2.59. The highest BCUT2D eigenvalue weighted by atomic mass is 32.1. The summed E-state index contributed by atoms with van der Waals surface area (Å²) >= 11 is 1.33. The van der Waals surface area contributed by atoms with Crippen LogP contribution in [0.2, 0.25) is 0 Å². The second kappa shape index (κ2) is 4.13. The molecule has 0 saturated carbocycles. The Balaban J connectivity index is 1.93. The van der Waals surface area contributed by atoms with Crippen molar-refractivity contribution < 1.29 is 0 Å². The van der Waals surface area contributed by atoms with Crippen LogP contribution in [0.3, 0.4) is 0 Å². The molecular formula is C12H9N5S. The number of imidazole rings is 1. The maximum absolute atomic E-state index is 8.74. The molecule has 0 bridgehead atoms. The number of nitrogens with one attached hydrogen (secondary N) is 1. The van der Waals surface area contributed by atoms with Crippen molar-refractivity contribution in [2.75, 3.05) is 5.32 Å². The number of aryl methyl sites for hydroxylation is 1. The Bertz CT molecular complexity index is 749. The highest BCUT2D eigenvalue weighted by Gasteiger charge is 2.04. The molecule has 0 radical (unpaired) electrons. The summed E-state index contributed by atoms with van der Waals surface area (Å²) in [6.07, 6.45) is 3.35. The molecule has 1 N–H and O–H groups in total. The minimum Gasteiger partial charge on any atom is -0.334 e. The number of benzene rings is 1. The lowest BCUT2D eigenvalue weighted by Gasteiger charge is -2.02. The standard InChI is InChI=1S/C12H9N5S/c1-17-7-15-10-4-8(2-3-11(10)17)16-12-14-6-9(5-13)18-12/h2-4,6-7H,1H3,(H,14,16). The van der Waals surface area contributed by atoms with Crippen molar-refractivity contribution in [3.63, 3.8) is 0 Å². The van der Waals surface area contributed by atoms with E-state index in [9.17, 15) is 0 Å². The largest absolute Gasteiger partial charge is 0.334 e. The summed E-state index contributed by atoms with van der Waals surface area (Å²) in [5, 5.41) is 12.6. The first kappa shape index (κ1) is 10.7. The van der Waals surface area contributed by atoms with Gasteiger partial charge >= 0.3 is 0 Å². The van der Waals surface area contributed by atoms with Crippen molar-refractivity contribution in [3.8, 4) is 6.07 Å². The van der Waals surface area contributed by atoms with Gasteiger partial charge in [0.15, 0.2) is 5.13 Å². The fourth-order valence-corrected chi connectivity index (χ4v) is 2.35. The minimum atomic E-state index is 0.594. The molecule has 0 aliphatic carbocycles. The minimum absolute atomic E-state index is 0.594. The molecular weight excluding hydrogens is 246 g/mol. The molecule has 0 saturated heterocycles. The Labute approximate surface area is 107 Å². The van der Waals surface area contributed by atoms with E-state index < -0.39 is 0 Å². The van der Waals surface area contributed by atoms with E-state index in [2.05, 4.69) is 21.4 Å². The number of fused-ring (bicyclic) bond motifs is 1. The van der Waals surface area contributed by atoms with E-state index in [0.29, 0.717) is 10.0 Å². The van der Waals surface area contributed by atoms with Crippen molar-refractivity contribution in [2.45, 2.75) is 0 Å². The van der Waals surface area contributed by atoms with Gasteiger partial charge < -0.3 is 9.88 Å². The van der Waals surface area contributed by atoms with Crippen LogP contribution in [-0.4, -0.2) is 14.5 Å². The van der Waals surface area contributed by atoms with E-state index in [4.69, 9.17) is 5.26 Å². The first-order chi connectivity index (χ1) is 8.76. The van der Waals surface area contributed by atoms with Gasteiger partial charge in [-0.2, -0.15) is 5.26 Å². The molecule has 3 aromatic rings. The number of nitrogens with zero attached hydrogens (tertiary/aromatic N) is 4. The van der Waals surface area contributed by atoms with Gasteiger partial charge in [0, 0.05) is 12.7 Å². The van der Waals surface area contributed by atoms with Gasteiger partial charge in [-0.1, -0.05) is 11.3 Å². The summed E-state index contributed by atoms with van der Waals surface area (Å²) in [6.45, 7) is 0. The first-order valence-corrected chi connectivity index (χ1v) is 6.12. The average molecular weight is 255 g/mol. The van der Waals surface area contributed by atoms with Crippen molar-refractivity contribution >= 4 is 33.2 Å². The van der Waals surface area contributed by atoms with Crippen LogP contribution < -0.4 is 5.32 Å². The lowest BCUT2D eigenvalue weighted by Crippen LogP contribution is -1.89. The summed E-state index contributed by atoms with van der Waals surface area (Å²) in [5.74, 6) is 0. The van der Waals surface area contributed by atoms with Crippen LogP contribution in [0.1, 0.15) is 4.88 Å². The second-order valence-corrected chi connectivity index (χ2v) is 4.86. The van der Waals surface area contributed by atoms with Crippen molar-refractivity contribution in [2.24, 2.45) is 7.05 Å². The van der Waals surface area contributed by atoms with E-state index in [-0.39, 0.29) is 0 Å². The van der Waals surface area contributed by atoms with Gasteiger partial charge in [-0.3, -0.25) is 0 Å². The fraction of sp³-hybridized carbons (Fsp3) is 0.0833. The van der Waals surface area contributed by atoms with Crippen LogP contribution >= 0.6 is 11.3 Å². The lowest BCUT2D eigenvalue weighted by atomic mass is 10.3. The molecule has 6 heteroatoms. The van der Waals surface area contributed by atoms with Gasteiger partial charge in [-0.15, -0.1) is 0 Å². The van der Waals surface area contributed by atoms with Crippen LogP contribution in [0.5, 0.6) is 0 Å². The molecule has 0 unspecified atom stereocenters. The highest BCUT2D eigenvalue weighted by Crippen LogP contribution is 2.24. The normalized spacial score (nSPS) is 10.4. The predicted molar refractivity (Wildman–Crippen MR) is 70.8 cm³/mol. The Hall–Kier alpha value is -2.39. The van der Waals surface area contributed by atoms with E-state index in [0.717, 1.165) is 16.7 Å². The Morgan fingerprint density at radius 3 is 3.06 bits per heavy atom. The van der Waals surface area contributed by atoms with Crippen molar-refractivity contribution in [3.05, 3.63) is 35.6 Å². The van der Waals surface area contributed by atoms with Gasteiger partial charge in [-0.25, -0.2) is 9.97 Å². The zero-order valence-electron chi connectivity index (χ0n) is 9.58. The molecule has 3 rings (SSSR count). The Kier molecular flexibility index (Phi) is 2.46. The zero-order chi connectivity index (χ0) is 12.5. The monoisotopic (exact) mass is 255 g/mol. The van der Waals surface area contributed by atoms with Gasteiger partial charge in [0.05, 0.1) is 23.6 Å². The second-order valence-electron chi connectivity index (χ2n) is 3.83. The predicted octanol–water partition coefficient (Wildman–Crippen LogP) is 2.65. The average Bonchev–Trinajstić information content (AvgIpc) is 2.97. The fourth-order valence-electron chi connectivity index (χ4n) is 1.72. The molecule has 18 heavy (non-hydrogen) atoms. The third kappa shape index (κ3) is 1.81. The first-order valence-electron chi connectivity index (χ1n) is 5.30. The maximum Gasteiger partial charge on any atom is 0.188 e. The number of thiazole rings is 1. The number of rotatable bonds is 2. The number of hydrogen-bond acceptors (Lipinski definition) is 5. The molecule has 0 amide bonds. The van der Waals surface area contributed by atoms with Gasteiger partial charge in [0.25, 0.3) is 0 Å². The smallest absolute Gasteiger partial charge is 0.188 e. The van der Waals surface area contributed by atoms with Crippen molar-refractivity contribution in [1.29, 1.82) is 5.26 Å². The number of anilines is 2. The van der Waals surface area contributed by atoms with E-state index in [1.54, 1.807) is 12.5 Å². The van der Waals surface area contributed by atoms with Crippen LogP contribution in [0.15, 0.2) is 30.7 Å². The molecule has 5 nitrogen and oxygen atoms in total. The van der Waals surface area contributed by atoms with E-state index in [1.165, 1.54) is 11.3 Å². The number of nitriles is 1. The molecule has 2 heterocycles. The van der Waals surface area contributed by atoms with Crippen LogP contribution in [0, 0.1) is 11.3 Å². The van der Waals surface area contributed by atoms with E-state index in [1.807, 2.05) is 29.8 Å². The van der Waals surface area contributed by atoms with Crippen molar-refractivity contribution in [1.82, 2.24) is 14.5 Å². The summed E-state index contributed by atoms with van der Waals surface area (Å²) in [5.41, 5.74) is 2.93. The molecule has 0 aliphatic rings. The quantitative estimate of drug-likeness (QED) is 0.764. The molecule has 0 spiro atoms. The van der Waals surface area contributed by atoms with Crippen LogP contribution in [0.25, 0.3) is 11.0 Å². The van der Waals surface area contributed by atoms with Crippen LogP contribution in [-0.2, 0) is 7.05 Å². The van der Waals surface area contributed by atoms with Gasteiger partial charge in [-0.05, 0) is 18.2 Å². The number of hydrogen-bond donors (Lipinski definition) is 1. The summed E-state index contributed by atoms with van der Waals surface area (Å²) in [4.78, 5) is 9.02. The third-order valence-corrected chi connectivity index (χ3v) is 3.41. The Morgan fingerprint density at radius 1 is 1.39 bits per heavy atom. The SMILES string of the molecule is Cn1cnc2cc(Nc3ncc(C#N)s3)ccc21. The molecule has 0 atom stereocenters. The lowest BCUT2D eigenvalue weighted by molar-refractivity contribution is 0.948. The molecule has 0 aliphatic heterocycles. The van der Waals surface area contributed by atoms with Crippen LogP contribution in [0.4, 0.5) is 10.8 Å². The molecule has 1 aromatic carbocycles. The summed E-state index contributed by atoms with van der Waals surface area (Å²) in [7, 11) is 1.96. The van der Waals surface area contributed by atoms with E-state index >= 15 is 0 Å². The molecule has 88 valence electrons. The number of aromatic nitrogens is 3. The molecule has 2 aromatic heterocycles. The molecule has 0 fully saturated rings. The Morgan fingerprint density at radius 2 is 2.28 bits per heavy atom. The van der Waals surface area contributed by atoms with Gasteiger partial charge in [0.1, 0.15) is 10.9 Å². The van der Waals surface area contributed by atoms with Gasteiger partial charge in [0.2, 0.25) is 0 Å².